The molecule has 0 fully saturated rings. The molecule has 0 aliphatic carbocycles. The van der Waals surface area contributed by atoms with E-state index in [4.69, 9.17) is 5.11 Å². The molecule has 0 radical (unpaired) electrons. The molecule has 5 heteroatoms. The van der Waals surface area contributed by atoms with Crippen molar-refractivity contribution in [3.05, 3.63) is 28.5 Å². The third-order valence-corrected chi connectivity index (χ3v) is 2.73. The fourth-order valence-corrected chi connectivity index (χ4v) is 1.57. The average Bonchev–Trinajstić information content (AvgIpc) is 2.26. The molecule has 0 atom stereocenters. The van der Waals surface area contributed by atoms with Crippen LogP contribution in [-0.4, -0.2) is 34.0 Å². The lowest BCUT2D eigenvalue weighted by Crippen LogP contribution is -2.26. The van der Waals surface area contributed by atoms with Gasteiger partial charge < -0.3 is 5.11 Å². The maximum atomic E-state index is 10.5. The fraction of sp³-hybridized carbons (Fsp3) is 0.455. The molecule has 0 bridgehead atoms. The SMILES string of the molecule is CCN(CCC(=O)O)Cc1ccc(Br)cn1. The minimum absolute atomic E-state index is 0.171. The lowest BCUT2D eigenvalue weighted by Gasteiger charge is -2.18. The average molecular weight is 287 g/mol. The first kappa shape index (κ1) is 13.1. The topological polar surface area (TPSA) is 53.4 Å². The van der Waals surface area contributed by atoms with Gasteiger partial charge in [-0.1, -0.05) is 6.92 Å². The molecule has 0 aromatic carbocycles. The number of rotatable bonds is 6. The van der Waals surface area contributed by atoms with Crippen LogP contribution in [-0.2, 0) is 11.3 Å². The minimum Gasteiger partial charge on any atom is -0.481 e. The van der Waals surface area contributed by atoms with Gasteiger partial charge in [-0.05, 0) is 34.6 Å². The van der Waals surface area contributed by atoms with Gasteiger partial charge in [-0.3, -0.25) is 14.7 Å². The number of aromatic nitrogens is 1. The van der Waals surface area contributed by atoms with E-state index < -0.39 is 5.97 Å². The van der Waals surface area contributed by atoms with E-state index >= 15 is 0 Å². The molecule has 1 heterocycles. The molecular formula is C11H15BrN2O2. The smallest absolute Gasteiger partial charge is 0.304 e. The number of carboxylic acid groups (broad SMARTS) is 1. The molecule has 0 aliphatic rings. The first-order chi connectivity index (χ1) is 7.61. The molecule has 4 nitrogen and oxygen atoms in total. The molecule has 1 aromatic heterocycles. The van der Waals surface area contributed by atoms with Gasteiger partial charge in [0.2, 0.25) is 0 Å². The quantitative estimate of drug-likeness (QED) is 0.871. The van der Waals surface area contributed by atoms with Gasteiger partial charge >= 0.3 is 5.97 Å². The molecule has 0 unspecified atom stereocenters. The second-order valence-electron chi connectivity index (χ2n) is 3.48. The van der Waals surface area contributed by atoms with Gasteiger partial charge in [0.1, 0.15) is 0 Å². The predicted octanol–water partition coefficient (Wildman–Crippen LogP) is 2.14. The van der Waals surface area contributed by atoms with Crippen LogP contribution in [0.5, 0.6) is 0 Å². The number of aliphatic carboxylic acids is 1. The first-order valence-electron chi connectivity index (χ1n) is 5.16. The van der Waals surface area contributed by atoms with E-state index in [1.54, 1.807) is 6.20 Å². The van der Waals surface area contributed by atoms with Gasteiger partial charge in [-0.2, -0.15) is 0 Å². The maximum Gasteiger partial charge on any atom is 0.304 e. The Balaban J connectivity index is 2.49. The van der Waals surface area contributed by atoms with Crippen molar-refractivity contribution < 1.29 is 9.90 Å². The number of halogens is 1. The van der Waals surface area contributed by atoms with E-state index in [0.717, 1.165) is 16.7 Å². The molecule has 0 spiro atoms. The van der Waals surface area contributed by atoms with Gasteiger partial charge in [0, 0.05) is 23.8 Å². The molecule has 0 amide bonds. The summed E-state index contributed by atoms with van der Waals surface area (Å²) in [4.78, 5) is 16.8. The minimum atomic E-state index is -0.762. The van der Waals surface area contributed by atoms with Crippen molar-refractivity contribution in [3.63, 3.8) is 0 Å². The van der Waals surface area contributed by atoms with Crippen molar-refractivity contribution in [2.45, 2.75) is 19.9 Å². The van der Waals surface area contributed by atoms with Crippen LogP contribution in [0.1, 0.15) is 19.0 Å². The summed E-state index contributed by atoms with van der Waals surface area (Å²) in [7, 11) is 0. The summed E-state index contributed by atoms with van der Waals surface area (Å²) < 4.78 is 0.949. The summed E-state index contributed by atoms with van der Waals surface area (Å²) >= 11 is 3.32. The Hall–Kier alpha value is -0.940. The van der Waals surface area contributed by atoms with Crippen molar-refractivity contribution in [2.75, 3.05) is 13.1 Å². The molecule has 1 aromatic rings. The predicted molar refractivity (Wildman–Crippen MR) is 65.1 cm³/mol. The van der Waals surface area contributed by atoms with Crippen LogP contribution in [0.4, 0.5) is 0 Å². The summed E-state index contributed by atoms with van der Waals surface area (Å²) in [5.74, 6) is -0.762. The summed E-state index contributed by atoms with van der Waals surface area (Å²) in [5.41, 5.74) is 0.954. The molecular weight excluding hydrogens is 272 g/mol. The zero-order valence-electron chi connectivity index (χ0n) is 9.19. The summed E-state index contributed by atoms with van der Waals surface area (Å²) in [6, 6.07) is 3.88. The Morgan fingerprint density at radius 3 is 2.81 bits per heavy atom. The highest BCUT2D eigenvalue weighted by atomic mass is 79.9. The van der Waals surface area contributed by atoms with Crippen molar-refractivity contribution >= 4 is 21.9 Å². The summed E-state index contributed by atoms with van der Waals surface area (Å²) in [6.45, 7) is 4.09. The molecule has 0 aliphatic heterocycles. The third-order valence-electron chi connectivity index (χ3n) is 2.26. The highest BCUT2D eigenvalue weighted by Crippen LogP contribution is 2.09. The summed E-state index contributed by atoms with van der Waals surface area (Å²) in [6.07, 6.45) is 1.92. The van der Waals surface area contributed by atoms with E-state index in [-0.39, 0.29) is 6.42 Å². The lowest BCUT2D eigenvalue weighted by molar-refractivity contribution is -0.137. The monoisotopic (exact) mass is 286 g/mol. The zero-order valence-corrected chi connectivity index (χ0v) is 10.8. The van der Waals surface area contributed by atoms with Crippen LogP contribution >= 0.6 is 15.9 Å². The van der Waals surface area contributed by atoms with Crippen molar-refractivity contribution in [1.29, 1.82) is 0 Å². The second-order valence-corrected chi connectivity index (χ2v) is 4.40. The van der Waals surface area contributed by atoms with Crippen molar-refractivity contribution in [1.82, 2.24) is 9.88 Å². The van der Waals surface area contributed by atoms with Crippen LogP contribution in [0.3, 0.4) is 0 Å². The van der Waals surface area contributed by atoms with Crippen LogP contribution < -0.4 is 0 Å². The highest BCUT2D eigenvalue weighted by Gasteiger charge is 2.06. The first-order valence-corrected chi connectivity index (χ1v) is 5.95. The Kier molecular flexibility index (Phi) is 5.42. The second kappa shape index (κ2) is 6.60. The number of hydrogen-bond acceptors (Lipinski definition) is 3. The van der Waals surface area contributed by atoms with E-state index in [2.05, 4.69) is 25.8 Å². The van der Waals surface area contributed by atoms with E-state index in [1.807, 2.05) is 19.1 Å². The number of nitrogens with zero attached hydrogens (tertiary/aromatic N) is 2. The van der Waals surface area contributed by atoms with E-state index in [1.165, 1.54) is 0 Å². The van der Waals surface area contributed by atoms with Crippen LogP contribution in [0, 0.1) is 0 Å². The Morgan fingerprint density at radius 2 is 2.31 bits per heavy atom. The van der Waals surface area contributed by atoms with Gasteiger partial charge in [0.25, 0.3) is 0 Å². The van der Waals surface area contributed by atoms with Crippen LogP contribution in [0.2, 0.25) is 0 Å². The van der Waals surface area contributed by atoms with Gasteiger partial charge in [0.15, 0.2) is 0 Å². The number of carboxylic acids is 1. The van der Waals surface area contributed by atoms with Crippen LogP contribution in [0.25, 0.3) is 0 Å². The van der Waals surface area contributed by atoms with Gasteiger partial charge in [0.05, 0.1) is 12.1 Å². The molecule has 0 saturated heterocycles. The Bertz CT molecular complexity index is 340. The Morgan fingerprint density at radius 1 is 1.56 bits per heavy atom. The molecule has 1 rings (SSSR count). The summed E-state index contributed by atoms with van der Waals surface area (Å²) in [5, 5.41) is 8.61. The Labute approximate surface area is 103 Å². The molecule has 1 N–H and O–H groups in total. The largest absolute Gasteiger partial charge is 0.481 e. The lowest BCUT2D eigenvalue weighted by atomic mass is 10.3. The maximum absolute atomic E-state index is 10.5. The van der Waals surface area contributed by atoms with Crippen molar-refractivity contribution in [2.24, 2.45) is 0 Å². The van der Waals surface area contributed by atoms with Crippen molar-refractivity contribution in [3.8, 4) is 0 Å². The normalized spacial score (nSPS) is 10.7. The third kappa shape index (κ3) is 4.72. The fourth-order valence-electron chi connectivity index (χ4n) is 1.33. The highest BCUT2D eigenvalue weighted by molar-refractivity contribution is 9.10. The van der Waals surface area contributed by atoms with Gasteiger partial charge in [-0.15, -0.1) is 0 Å². The van der Waals surface area contributed by atoms with Crippen LogP contribution in [0.15, 0.2) is 22.8 Å². The molecule has 0 saturated carbocycles. The number of hydrogen-bond donors (Lipinski definition) is 1. The number of pyridine rings is 1. The van der Waals surface area contributed by atoms with E-state index in [0.29, 0.717) is 13.1 Å². The molecule has 88 valence electrons. The standard InChI is InChI=1S/C11H15BrN2O2/c1-2-14(6-5-11(15)16)8-10-4-3-9(12)7-13-10/h3-4,7H,2,5-6,8H2,1H3,(H,15,16). The molecule has 16 heavy (non-hydrogen) atoms. The van der Waals surface area contributed by atoms with Gasteiger partial charge in [-0.25, -0.2) is 0 Å². The number of carbonyl (C=O) groups is 1. The zero-order chi connectivity index (χ0) is 12.0. The van der Waals surface area contributed by atoms with E-state index in [9.17, 15) is 4.79 Å².